The van der Waals surface area contributed by atoms with Gasteiger partial charge >= 0.3 is 6.09 Å². The number of ether oxygens (including phenoxy) is 4. The number of benzene rings is 1. The molecule has 0 fully saturated rings. The van der Waals surface area contributed by atoms with Gasteiger partial charge in [0.1, 0.15) is 0 Å². The van der Waals surface area contributed by atoms with Crippen molar-refractivity contribution in [2.45, 2.75) is 6.61 Å². The highest BCUT2D eigenvalue weighted by molar-refractivity contribution is 5.66. The second-order valence-electron chi connectivity index (χ2n) is 4.02. The van der Waals surface area contributed by atoms with Crippen LogP contribution in [-0.4, -0.2) is 37.6 Å². The van der Waals surface area contributed by atoms with Crippen LogP contribution in [0.1, 0.15) is 5.89 Å². The number of hydrogen-bond acceptors (Lipinski definition) is 8. The lowest BCUT2D eigenvalue weighted by Gasteiger charge is -2.12. The van der Waals surface area contributed by atoms with Crippen LogP contribution in [0.3, 0.4) is 0 Å². The summed E-state index contributed by atoms with van der Waals surface area (Å²) in [7, 11) is 4.51. The molecule has 0 bridgehead atoms. The predicted molar refractivity (Wildman–Crippen MR) is 73.8 cm³/mol. The molecule has 0 aliphatic rings. The van der Waals surface area contributed by atoms with E-state index >= 15 is 0 Å². The van der Waals surface area contributed by atoms with Crippen molar-refractivity contribution in [2.75, 3.05) is 21.3 Å². The smallest absolute Gasteiger partial charge is 0.405 e. The second-order valence-corrected chi connectivity index (χ2v) is 4.02. The number of primary amides is 1. The van der Waals surface area contributed by atoms with Crippen molar-refractivity contribution in [1.82, 2.24) is 10.2 Å². The summed E-state index contributed by atoms with van der Waals surface area (Å²) in [6, 6.07) is 3.32. The molecule has 0 saturated carbocycles. The Hall–Kier alpha value is -2.97. The first-order valence-corrected chi connectivity index (χ1v) is 6.14. The summed E-state index contributed by atoms with van der Waals surface area (Å²) >= 11 is 0. The van der Waals surface area contributed by atoms with Crippen LogP contribution in [0.15, 0.2) is 16.5 Å². The zero-order valence-electron chi connectivity index (χ0n) is 12.3. The van der Waals surface area contributed by atoms with E-state index in [0.717, 1.165) is 0 Å². The van der Waals surface area contributed by atoms with E-state index in [1.807, 2.05) is 0 Å². The van der Waals surface area contributed by atoms with Crippen molar-refractivity contribution >= 4 is 6.09 Å². The van der Waals surface area contributed by atoms with Crippen LogP contribution in [0.5, 0.6) is 17.2 Å². The third kappa shape index (κ3) is 3.19. The first kappa shape index (κ1) is 15.4. The summed E-state index contributed by atoms with van der Waals surface area (Å²) in [6.07, 6.45) is -0.924. The van der Waals surface area contributed by atoms with E-state index in [-0.39, 0.29) is 18.4 Å². The number of amides is 1. The molecule has 118 valence electrons. The number of carbonyl (C=O) groups is 1. The highest BCUT2D eigenvalue weighted by atomic mass is 16.6. The predicted octanol–water partition coefficient (Wildman–Crippen LogP) is 1.36. The van der Waals surface area contributed by atoms with E-state index in [1.54, 1.807) is 12.1 Å². The number of nitrogens with zero attached hydrogens (tertiary/aromatic N) is 2. The lowest BCUT2D eigenvalue weighted by molar-refractivity contribution is 0.139. The standard InChI is InChI=1S/C13H15N3O6/c1-18-8-4-7(5-9(19-2)11(8)20-3)12-16-15-10(22-12)6-21-13(14)17/h4-5H,6H2,1-3H3,(H2,14,17). The Balaban J connectivity index is 2.34. The number of aromatic nitrogens is 2. The van der Waals surface area contributed by atoms with Gasteiger partial charge in [0.15, 0.2) is 18.1 Å². The molecule has 0 spiro atoms. The normalized spacial score (nSPS) is 10.1. The Labute approximate surface area is 125 Å². The lowest BCUT2D eigenvalue weighted by atomic mass is 10.2. The molecule has 9 heteroatoms. The molecule has 1 aromatic heterocycles. The minimum atomic E-state index is -0.924. The highest BCUT2D eigenvalue weighted by Crippen LogP contribution is 2.40. The molecule has 2 rings (SSSR count). The Morgan fingerprint density at radius 3 is 2.27 bits per heavy atom. The van der Waals surface area contributed by atoms with Crippen molar-refractivity contribution in [3.8, 4) is 28.7 Å². The van der Waals surface area contributed by atoms with Crippen molar-refractivity contribution < 1.29 is 28.2 Å². The number of hydrogen-bond donors (Lipinski definition) is 1. The molecule has 22 heavy (non-hydrogen) atoms. The SMILES string of the molecule is COc1cc(-c2nnc(COC(N)=O)o2)cc(OC)c1OC. The van der Waals surface area contributed by atoms with Crippen molar-refractivity contribution in [2.24, 2.45) is 5.73 Å². The van der Waals surface area contributed by atoms with E-state index < -0.39 is 6.09 Å². The highest BCUT2D eigenvalue weighted by Gasteiger charge is 2.17. The molecule has 1 amide bonds. The third-order valence-electron chi connectivity index (χ3n) is 2.72. The van der Waals surface area contributed by atoms with Gasteiger partial charge in [-0.2, -0.15) is 0 Å². The quantitative estimate of drug-likeness (QED) is 0.849. The maximum absolute atomic E-state index is 10.6. The number of rotatable bonds is 6. The van der Waals surface area contributed by atoms with Crippen molar-refractivity contribution in [1.29, 1.82) is 0 Å². The zero-order valence-corrected chi connectivity index (χ0v) is 12.3. The molecule has 0 aliphatic heterocycles. The van der Waals surface area contributed by atoms with Crippen molar-refractivity contribution in [3.05, 3.63) is 18.0 Å². The van der Waals surface area contributed by atoms with Gasteiger partial charge in [-0.05, 0) is 12.1 Å². The first-order valence-electron chi connectivity index (χ1n) is 6.14. The molecule has 0 saturated heterocycles. The minimum Gasteiger partial charge on any atom is -0.493 e. The van der Waals surface area contributed by atoms with Crippen LogP contribution in [-0.2, 0) is 11.3 Å². The molecular weight excluding hydrogens is 294 g/mol. The molecule has 2 aromatic rings. The van der Waals surface area contributed by atoms with Gasteiger partial charge in [-0.15, -0.1) is 10.2 Å². The van der Waals surface area contributed by atoms with Crippen LogP contribution in [0.4, 0.5) is 4.79 Å². The van der Waals surface area contributed by atoms with Gasteiger partial charge in [-0.25, -0.2) is 4.79 Å². The van der Waals surface area contributed by atoms with Gasteiger partial charge in [-0.1, -0.05) is 0 Å². The van der Waals surface area contributed by atoms with Gasteiger partial charge in [0.2, 0.25) is 11.6 Å². The molecule has 0 unspecified atom stereocenters. The van der Waals surface area contributed by atoms with Gasteiger partial charge < -0.3 is 29.1 Å². The Morgan fingerprint density at radius 1 is 1.14 bits per heavy atom. The fraction of sp³-hybridized carbons (Fsp3) is 0.308. The van der Waals surface area contributed by atoms with E-state index in [4.69, 9.17) is 24.4 Å². The maximum Gasteiger partial charge on any atom is 0.405 e. The Bertz CT molecular complexity index is 645. The van der Waals surface area contributed by atoms with Gasteiger partial charge in [0.05, 0.1) is 21.3 Å². The summed E-state index contributed by atoms with van der Waals surface area (Å²) < 4.78 is 25.7. The summed E-state index contributed by atoms with van der Waals surface area (Å²) in [5, 5.41) is 7.63. The largest absolute Gasteiger partial charge is 0.493 e. The number of nitrogens with two attached hydrogens (primary N) is 1. The van der Waals surface area contributed by atoms with Gasteiger partial charge in [0, 0.05) is 5.56 Å². The number of methoxy groups -OCH3 is 3. The Kier molecular flexibility index (Phi) is 4.66. The van der Waals surface area contributed by atoms with E-state index in [2.05, 4.69) is 14.9 Å². The third-order valence-corrected chi connectivity index (χ3v) is 2.72. The van der Waals surface area contributed by atoms with Crippen molar-refractivity contribution in [3.63, 3.8) is 0 Å². The van der Waals surface area contributed by atoms with Crippen LogP contribution >= 0.6 is 0 Å². The Morgan fingerprint density at radius 2 is 1.77 bits per heavy atom. The minimum absolute atomic E-state index is 0.113. The average molecular weight is 309 g/mol. The lowest BCUT2D eigenvalue weighted by Crippen LogP contribution is -2.12. The monoisotopic (exact) mass is 309 g/mol. The fourth-order valence-corrected chi connectivity index (χ4v) is 1.77. The van der Waals surface area contributed by atoms with Gasteiger partial charge in [0.25, 0.3) is 5.89 Å². The molecule has 1 heterocycles. The average Bonchev–Trinajstić information content (AvgIpc) is 3.00. The summed E-state index contributed by atoms with van der Waals surface area (Å²) in [4.78, 5) is 10.6. The molecule has 0 radical (unpaired) electrons. The number of carbonyl (C=O) groups excluding carboxylic acids is 1. The zero-order chi connectivity index (χ0) is 16.1. The molecule has 0 atom stereocenters. The van der Waals surface area contributed by atoms with Crippen LogP contribution in [0.2, 0.25) is 0 Å². The van der Waals surface area contributed by atoms with Crippen LogP contribution in [0, 0.1) is 0 Å². The molecular formula is C13H15N3O6. The summed E-state index contributed by atoms with van der Waals surface area (Å²) in [6.45, 7) is -0.202. The fourth-order valence-electron chi connectivity index (χ4n) is 1.77. The summed E-state index contributed by atoms with van der Waals surface area (Å²) in [5.74, 6) is 1.67. The van der Waals surface area contributed by atoms with E-state index in [9.17, 15) is 4.79 Å². The molecule has 2 N–H and O–H groups in total. The van der Waals surface area contributed by atoms with Crippen LogP contribution < -0.4 is 19.9 Å². The van der Waals surface area contributed by atoms with Crippen LogP contribution in [0.25, 0.3) is 11.5 Å². The second kappa shape index (κ2) is 6.66. The maximum atomic E-state index is 10.6. The van der Waals surface area contributed by atoms with E-state index in [0.29, 0.717) is 22.8 Å². The molecule has 1 aromatic carbocycles. The topological polar surface area (TPSA) is 119 Å². The first-order chi connectivity index (χ1) is 10.6. The summed E-state index contributed by atoms with van der Waals surface area (Å²) in [5.41, 5.74) is 5.43. The molecule has 9 nitrogen and oxygen atoms in total. The molecule has 0 aliphatic carbocycles. The van der Waals surface area contributed by atoms with E-state index in [1.165, 1.54) is 21.3 Å². The van der Waals surface area contributed by atoms with Gasteiger partial charge in [-0.3, -0.25) is 0 Å².